The topological polar surface area (TPSA) is 83.8 Å². The Morgan fingerprint density at radius 3 is 2.55 bits per heavy atom. The molecule has 1 amide bonds. The number of alkyl halides is 2. The molecule has 5 heterocycles. The fourth-order valence-electron chi connectivity index (χ4n) is 4.97. The Morgan fingerprint density at radius 2 is 1.97 bits per heavy atom. The van der Waals surface area contributed by atoms with Crippen LogP contribution in [0.5, 0.6) is 0 Å². The van der Waals surface area contributed by atoms with Gasteiger partial charge in [0.15, 0.2) is 5.65 Å². The highest BCUT2D eigenvalue weighted by atomic mass is 19.3. The van der Waals surface area contributed by atoms with Crippen LogP contribution in [0.1, 0.15) is 63.1 Å². The van der Waals surface area contributed by atoms with E-state index < -0.39 is 6.43 Å². The van der Waals surface area contributed by atoms with E-state index in [1.54, 1.807) is 10.7 Å². The van der Waals surface area contributed by atoms with Crippen molar-refractivity contribution in [2.45, 2.75) is 76.1 Å². The number of carbonyl (C=O) groups is 1. The van der Waals surface area contributed by atoms with Crippen molar-refractivity contribution in [3.05, 3.63) is 23.5 Å². The molecule has 0 saturated carbocycles. The Kier molecular flexibility index (Phi) is 5.19. The zero-order valence-corrected chi connectivity index (χ0v) is 17.7. The molecule has 3 aliphatic heterocycles. The van der Waals surface area contributed by atoms with Crippen molar-refractivity contribution < 1.29 is 18.3 Å². The number of nitrogens with zero attached hydrogens (tertiary/aromatic N) is 4. The van der Waals surface area contributed by atoms with Crippen molar-refractivity contribution in [1.29, 1.82) is 0 Å². The first-order valence-corrected chi connectivity index (χ1v) is 11.0. The lowest BCUT2D eigenvalue weighted by Crippen LogP contribution is -2.55. The largest absolute Gasteiger partial charge is 0.443 e. The van der Waals surface area contributed by atoms with Gasteiger partial charge in [0.25, 0.3) is 6.43 Å². The van der Waals surface area contributed by atoms with Crippen molar-refractivity contribution in [2.75, 3.05) is 18.4 Å². The van der Waals surface area contributed by atoms with Gasteiger partial charge in [-0.2, -0.15) is 9.61 Å². The summed E-state index contributed by atoms with van der Waals surface area (Å²) in [5.74, 6) is 0.648. The first-order valence-electron chi connectivity index (χ1n) is 11.0. The highest BCUT2D eigenvalue weighted by Gasteiger charge is 2.45. The number of carbonyl (C=O) groups excluding carboxylic acids is 1. The molecule has 2 atom stereocenters. The molecule has 0 spiro atoms. The number of hydrogen-bond donors (Lipinski definition) is 2. The third-order valence-corrected chi connectivity index (χ3v) is 6.67. The number of halogens is 2. The summed E-state index contributed by atoms with van der Waals surface area (Å²) in [6.45, 7) is 5.41. The first-order chi connectivity index (χ1) is 14.9. The van der Waals surface area contributed by atoms with Crippen molar-refractivity contribution in [2.24, 2.45) is 0 Å². The maximum absolute atomic E-state index is 13.5. The molecule has 0 aromatic carbocycles. The van der Waals surface area contributed by atoms with Gasteiger partial charge in [-0.15, -0.1) is 0 Å². The zero-order valence-electron chi connectivity index (χ0n) is 17.7. The fraction of sp³-hybridized carbons (Fsp3) is 0.667. The van der Waals surface area contributed by atoms with Crippen LogP contribution >= 0.6 is 0 Å². The number of hydrogen-bond acceptors (Lipinski definition) is 6. The first kappa shape index (κ1) is 20.4. The van der Waals surface area contributed by atoms with Gasteiger partial charge < -0.3 is 20.3 Å². The third kappa shape index (κ3) is 3.71. The van der Waals surface area contributed by atoms with Gasteiger partial charge >= 0.3 is 6.09 Å². The second-order valence-electron chi connectivity index (χ2n) is 9.13. The molecule has 2 aromatic rings. The molecule has 0 radical (unpaired) electrons. The average molecular weight is 434 g/mol. The van der Waals surface area contributed by atoms with E-state index in [1.165, 1.54) is 6.07 Å². The quantitative estimate of drug-likeness (QED) is 0.751. The maximum atomic E-state index is 13.5. The Morgan fingerprint density at radius 1 is 1.26 bits per heavy atom. The van der Waals surface area contributed by atoms with Crippen LogP contribution in [0.4, 0.5) is 19.4 Å². The highest BCUT2D eigenvalue weighted by Crippen LogP contribution is 2.38. The van der Waals surface area contributed by atoms with Crippen LogP contribution in [0, 0.1) is 0 Å². The number of piperidine rings is 1. The Labute approximate surface area is 179 Å². The minimum absolute atomic E-state index is 0.0319. The molecule has 2 bridgehead atoms. The van der Waals surface area contributed by atoms with E-state index in [0.29, 0.717) is 24.6 Å². The molecule has 2 aromatic heterocycles. The van der Waals surface area contributed by atoms with Crippen molar-refractivity contribution >= 4 is 17.6 Å². The molecule has 3 saturated heterocycles. The number of ether oxygens (including phenoxy) is 1. The zero-order chi connectivity index (χ0) is 21.7. The van der Waals surface area contributed by atoms with E-state index in [-0.39, 0.29) is 41.9 Å². The predicted octanol–water partition coefficient (Wildman–Crippen LogP) is 3.31. The second kappa shape index (κ2) is 7.89. The fourth-order valence-corrected chi connectivity index (χ4v) is 4.97. The Hall–Kier alpha value is -2.49. The predicted molar refractivity (Wildman–Crippen MR) is 110 cm³/mol. The lowest BCUT2D eigenvalue weighted by atomic mass is 9.97. The standard InChI is InChI=1S/C21H28F2N6O2/c1-11(2)16-10-25-29-18(7-17(19(22)23)27-20(16)29)26-12-5-13-3-4-14(6-12)28(13)21(30)31-15-8-24-9-15/h7,10-15,19,24,26H,3-6,8-9H2,1-2H3. The summed E-state index contributed by atoms with van der Waals surface area (Å²) in [7, 11) is 0. The number of nitrogens with one attached hydrogen (secondary N) is 2. The van der Waals surface area contributed by atoms with E-state index in [4.69, 9.17) is 4.74 Å². The molecule has 5 rings (SSSR count). The molecule has 31 heavy (non-hydrogen) atoms. The van der Waals surface area contributed by atoms with E-state index in [1.807, 2.05) is 18.7 Å². The third-order valence-electron chi connectivity index (χ3n) is 6.67. The summed E-state index contributed by atoms with van der Waals surface area (Å²) >= 11 is 0. The van der Waals surface area contributed by atoms with Gasteiger partial charge in [0.1, 0.15) is 17.6 Å². The van der Waals surface area contributed by atoms with Gasteiger partial charge in [0.2, 0.25) is 0 Å². The molecule has 2 N–H and O–H groups in total. The van der Waals surface area contributed by atoms with E-state index >= 15 is 0 Å². The smallest absolute Gasteiger partial charge is 0.410 e. The molecular weight excluding hydrogens is 406 g/mol. The lowest BCUT2D eigenvalue weighted by Gasteiger charge is -2.40. The molecule has 3 fully saturated rings. The van der Waals surface area contributed by atoms with Gasteiger partial charge in [-0.3, -0.25) is 0 Å². The van der Waals surface area contributed by atoms with E-state index in [2.05, 4.69) is 20.7 Å². The van der Waals surface area contributed by atoms with Crippen LogP contribution in [0.2, 0.25) is 0 Å². The molecule has 10 heteroatoms. The Balaban J connectivity index is 1.35. The average Bonchev–Trinajstić information content (AvgIpc) is 3.24. The van der Waals surface area contributed by atoms with Gasteiger partial charge in [0, 0.05) is 42.8 Å². The van der Waals surface area contributed by atoms with Crippen LogP contribution in [-0.2, 0) is 4.74 Å². The number of fused-ring (bicyclic) bond motifs is 3. The maximum Gasteiger partial charge on any atom is 0.410 e. The highest BCUT2D eigenvalue weighted by molar-refractivity contribution is 5.69. The summed E-state index contributed by atoms with van der Waals surface area (Å²) in [5, 5.41) is 10.9. The summed E-state index contributed by atoms with van der Waals surface area (Å²) in [4.78, 5) is 18.7. The number of rotatable bonds is 5. The van der Waals surface area contributed by atoms with Crippen LogP contribution in [0.25, 0.3) is 5.65 Å². The SMILES string of the molecule is CC(C)c1cnn2c(NC3CC4CCC(C3)N4C(=O)OC3CNC3)cc(C(F)F)nc12. The van der Waals surface area contributed by atoms with Gasteiger partial charge in [-0.1, -0.05) is 13.8 Å². The molecule has 2 unspecified atom stereocenters. The monoisotopic (exact) mass is 434 g/mol. The van der Waals surface area contributed by atoms with Crippen LogP contribution in [0.15, 0.2) is 12.3 Å². The van der Waals surface area contributed by atoms with Gasteiger partial charge in [-0.05, 0) is 31.6 Å². The Bertz CT molecular complexity index is 962. The summed E-state index contributed by atoms with van der Waals surface area (Å²) in [6.07, 6.45) is 2.16. The molecule has 168 valence electrons. The van der Waals surface area contributed by atoms with Crippen LogP contribution < -0.4 is 10.6 Å². The van der Waals surface area contributed by atoms with Gasteiger partial charge in [0.05, 0.1) is 6.20 Å². The van der Waals surface area contributed by atoms with Crippen molar-refractivity contribution in [3.8, 4) is 0 Å². The van der Waals surface area contributed by atoms with E-state index in [0.717, 1.165) is 31.2 Å². The lowest BCUT2D eigenvalue weighted by molar-refractivity contribution is 0.0194. The summed E-state index contributed by atoms with van der Waals surface area (Å²) in [6, 6.07) is 1.66. The van der Waals surface area contributed by atoms with Gasteiger partial charge in [-0.25, -0.2) is 18.6 Å². The molecule has 3 aliphatic rings. The molecule has 8 nitrogen and oxygen atoms in total. The number of amides is 1. The normalized spacial score (nSPS) is 26.0. The number of aromatic nitrogens is 3. The van der Waals surface area contributed by atoms with E-state index in [9.17, 15) is 13.6 Å². The molecule has 0 aliphatic carbocycles. The molecular formula is C21H28F2N6O2. The van der Waals surface area contributed by atoms with Crippen LogP contribution in [0.3, 0.4) is 0 Å². The van der Waals surface area contributed by atoms with Crippen molar-refractivity contribution in [3.63, 3.8) is 0 Å². The summed E-state index contributed by atoms with van der Waals surface area (Å²) < 4.78 is 34.2. The second-order valence-corrected chi connectivity index (χ2v) is 9.13. The summed E-state index contributed by atoms with van der Waals surface area (Å²) in [5.41, 5.74) is 1.05. The van der Waals surface area contributed by atoms with Crippen molar-refractivity contribution in [1.82, 2.24) is 24.8 Å². The van der Waals surface area contributed by atoms with Crippen LogP contribution in [-0.4, -0.2) is 62.9 Å². The number of anilines is 1. The minimum atomic E-state index is -2.66. The minimum Gasteiger partial charge on any atom is -0.443 e.